The van der Waals surface area contributed by atoms with E-state index in [4.69, 9.17) is 5.26 Å². The Balaban J connectivity index is 1.84. The maximum absolute atomic E-state index is 13.1. The summed E-state index contributed by atoms with van der Waals surface area (Å²) in [4.78, 5) is 35.1. The molecule has 0 aliphatic carbocycles. The van der Waals surface area contributed by atoms with E-state index in [-0.39, 0.29) is 6.42 Å². The van der Waals surface area contributed by atoms with Crippen LogP contribution in [0.25, 0.3) is 11.3 Å². The van der Waals surface area contributed by atoms with Crippen LogP contribution in [-0.2, 0) is 4.79 Å². The van der Waals surface area contributed by atoms with Crippen molar-refractivity contribution in [2.45, 2.75) is 19.4 Å². The SMILES string of the molecule is C=C(C)C[C@H](NC(=O)c1ccccc1-c1csc(Nc2ccncc2)n1)C(=O)N(C)C#N. The van der Waals surface area contributed by atoms with Crippen molar-refractivity contribution in [3.05, 3.63) is 71.9 Å². The molecule has 2 N–H and O–H groups in total. The molecule has 32 heavy (non-hydrogen) atoms. The number of amides is 2. The van der Waals surface area contributed by atoms with Gasteiger partial charge in [-0.2, -0.15) is 5.26 Å². The van der Waals surface area contributed by atoms with Gasteiger partial charge in [0.2, 0.25) is 0 Å². The number of anilines is 2. The van der Waals surface area contributed by atoms with Gasteiger partial charge in [-0.15, -0.1) is 17.9 Å². The molecule has 0 saturated heterocycles. The molecule has 2 aromatic heterocycles. The van der Waals surface area contributed by atoms with Crippen molar-refractivity contribution in [2.24, 2.45) is 0 Å². The van der Waals surface area contributed by atoms with Crippen LogP contribution in [0.2, 0.25) is 0 Å². The van der Waals surface area contributed by atoms with E-state index in [2.05, 4.69) is 27.2 Å². The Hall–Kier alpha value is -4.03. The molecule has 9 heteroatoms. The van der Waals surface area contributed by atoms with Crippen molar-refractivity contribution in [1.29, 1.82) is 5.26 Å². The lowest BCUT2D eigenvalue weighted by Gasteiger charge is -2.20. The van der Waals surface area contributed by atoms with Crippen molar-refractivity contribution < 1.29 is 9.59 Å². The summed E-state index contributed by atoms with van der Waals surface area (Å²) in [5.74, 6) is -0.929. The Morgan fingerprint density at radius 1 is 1.25 bits per heavy atom. The fraction of sp³-hybridized carbons (Fsp3) is 0.174. The molecule has 0 unspecified atom stereocenters. The predicted octanol–water partition coefficient (Wildman–Crippen LogP) is 3.95. The molecule has 2 amide bonds. The molecule has 3 rings (SSSR count). The van der Waals surface area contributed by atoms with Gasteiger partial charge in [0.15, 0.2) is 11.3 Å². The van der Waals surface area contributed by atoms with E-state index < -0.39 is 17.9 Å². The van der Waals surface area contributed by atoms with Crippen LogP contribution in [0.3, 0.4) is 0 Å². The Bertz CT molecular complexity index is 1170. The second-order valence-electron chi connectivity index (χ2n) is 7.13. The highest BCUT2D eigenvalue weighted by Crippen LogP contribution is 2.29. The first-order valence-electron chi connectivity index (χ1n) is 9.73. The minimum absolute atomic E-state index is 0.232. The van der Waals surface area contributed by atoms with E-state index in [9.17, 15) is 9.59 Å². The number of carbonyl (C=O) groups excluding carboxylic acids is 2. The normalized spacial score (nSPS) is 11.2. The molecule has 0 saturated carbocycles. The fourth-order valence-corrected chi connectivity index (χ4v) is 3.72. The summed E-state index contributed by atoms with van der Waals surface area (Å²) in [7, 11) is 1.36. The molecule has 8 nitrogen and oxygen atoms in total. The Morgan fingerprint density at radius 2 is 1.97 bits per heavy atom. The molecule has 0 fully saturated rings. The lowest BCUT2D eigenvalue weighted by Crippen LogP contribution is -2.46. The van der Waals surface area contributed by atoms with E-state index in [0.29, 0.717) is 22.0 Å². The van der Waals surface area contributed by atoms with E-state index in [0.717, 1.165) is 16.2 Å². The summed E-state index contributed by atoms with van der Waals surface area (Å²) in [6, 6.07) is 9.82. The number of carbonyl (C=O) groups is 2. The zero-order valence-electron chi connectivity index (χ0n) is 17.7. The number of nitriles is 1. The first-order chi connectivity index (χ1) is 15.4. The fourth-order valence-electron chi connectivity index (χ4n) is 2.99. The summed E-state index contributed by atoms with van der Waals surface area (Å²) >= 11 is 1.41. The van der Waals surface area contributed by atoms with Crippen molar-refractivity contribution >= 4 is 34.0 Å². The van der Waals surface area contributed by atoms with Crippen LogP contribution in [-0.4, -0.2) is 39.8 Å². The number of aromatic nitrogens is 2. The number of pyridine rings is 1. The van der Waals surface area contributed by atoms with E-state index in [1.54, 1.807) is 43.7 Å². The van der Waals surface area contributed by atoms with Gasteiger partial charge < -0.3 is 10.6 Å². The largest absolute Gasteiger partial charge is 0.340 e. The maximum atomic E-state index is 13.1. The zero-order valence-corrected chi connectivity index (χ0v) is 18.5. The van der Waals surface area contributed by atoms with Gasteiger partial charge in [0, 0.05) is 41.6 Å². The molecule has 0 bridgehead atoms. The average Bonchev–Trinajstić information content (AvgIpc) is 3.26. The Kier molecular flexibility index (Phi) is 7.31. The van der Waals surface area contributed by atoms with Crippen LogP contribution in [0.5, 0.6) is 0 Å². The van der Waals surface area contributed by atoms with Crippen molar-refractivity contribution in [3.8, 4) is 17.5 Å². The molecule has 1 aromatic carbocycles. The molecule has 1 atom stereocenters. The number of hydrogen-bond acceptors (Lipinski definition) is 7. The van der Waals surface area contributed by atoms with Crippen molar-refractivity contribution in [3.63, 3.8) is 0 Å². The molecule has 0 spiro atoms. The summed E-state index contributed by atoms with van der Waals surface area (Å²) < 4.78 is 0. The zero-order chi connectivity index (χ0) is 23.1. The van der Waals surface area contributed by atoms with Gasteiger partial charge in [-0.25, -0.2) is 4.98 Å². The molecule has 0 aliphatic rings. The third-order valence-corrected chi connectivity index (χ3v) is 5.28. The first-order valence-corrected chi connectivity index (χ1v) is 10.6. The third kappa shape index (κ3) is 5.56. The van der Waals surface area contributed by atoms with Gasteiger partial charge in [0.25, 0.3) is 11.8 Å². The minimum atomic E-state index is -0.892. The monoisotopic (exact) mass is 446 g/mol. The highest BCUT2D eigenvalue weighted by Gasteiger charge is 2.26. The number of nitrogens with zero attached hydrogens (tertiary/aromatic N) is 4. The third-order valence-electron chi connectivity index (χ3n) is 4.52. The molecule has 0 radical (unpaired) electrons. The van der Waals surface area contributed by atoms with Gasteiger partial charge in [0.1, 0.15) is 6.04 Å². The lowest BCUT2D eigenvalue weighted by atomic mass is 10.0. The van der Waals surface area contributed by atoms with E-state index in [1.165, 1.54) is 18.4 Å². The van der Waals surface area contributed by atoms with Crippen LogP contribution in [0.4, 0.5) is 10.8 Å². The van der Waals surface area contributed by atoms with Crippen LogP contribution >= 0.6 is 11.3 Å². The van der Waals surface area contributed by atoms with Gasteiger partial charge in [-0.3, -0.25) is 19.5 Å². The van der Waals surface area contributed by atoms with Gasteiger partial charge in [-0.05, 0) is 31.5 Å². The van der Waals surface area contributed by atoms with Crippen molar-refractivity contribution in [2.75, 3.05) is 12.4 Å². The lowest BCUT2D eigenvalue weighted by molar-refractivity contribution is -0.129. The quantitative estimate of drug-likeness (QED) is 0.308. The first kappa shape index (κ1) is 22.7. The van der Waals surface area contributed by atoms with Crippen LogP contribution in [0, 0.1) is 11.5 Å². The molecule has 3 aromatic rings. The number of benzene rings is 1. The molecule has 162 valence electrons. The second kappa shape index (κ2) is 10.3. The van der Waals surface area contributed by atoms with Gasteiger partial charge >= 0.3 is 0 Å². The summed E-state index contributed by atoms with van der Waals surface area (Å²) in [5.41, 5.74) is 3.23. The molecule has 2 heterocycles. The highest BCUT2D eigenvalue weighted by atomic mass is 32.1. The molecular formula is C23H22N6O2S. The number of likely N-dealkylation sites (N-methyl/N-ethyl adjacent to an activating group) is 1. The van der Waals surface area contributed by atoms with Gasteiger partial charge in [-0.1, -0.05) is 23.8 Å². The minimum Gasteiger partial charge on any atom is -0.340 e. The van der Waals surface area contributed by atoms with Crippen LogP contribution < -0.4 is 10.6 Å². The smallest absolute Gasteiger partial charge is 0.258 e. The van der Waals surface area contributed by atoms with Crippen LogP contribution in [0.15, 0.2) is 66.3 Å². The number of nitrogens with one attached hydrogen (secondary N) is 2. The molecular weight excluding hydrogens is 424 g/mol. The molecule has 0 aliphatic heterocycles. The number of thiazole rings is 1. The number of hydrogen-bond donors (Lipinski definition) is 2. The van der Waals surface area contributed by atoms with Gasteiger partial charge in [0.05, 0.1) is 5.69 Å². The topological polar surface area (TPSA) is 111 Å². The summed E-state index contributed by atoms with van der Waals surface area (Å²) in [5, 5.41) is 17.5. The summed E-state index contributed by atoms with van der Waals surface area (Å²) in [6.07, 6.45) is 5.37. The van der Waals surface area contributed by atoms with E-state index in [1.807, 2.05) is 23.6 Å². The van der Waals surface area contributed by atoms with Crippen molar-refractivity contribution in [1.82, 2.24) is 20.2 Å². The average molecular weight is 447 g/mol. The Morgan fingerprint density at radius 3 is 2.66 bits per heavy atom. The van der Waals surface area contributed by atoms with Crippen LogP contribution in [0.1, 0.15) is 23.7 Å². The number of rotatable bonds is 8. The maximum Gasteiger partial charge on any atom is 0.258 e. The standard InChI is InChI=1S/C23H22N6O2S/c1-15(2)12-19(22(31)29(3)14-24)27-21(30)18-7-5-4-6-17(18)20-13-32-23(28-20)26-16-8-10-25-11-9-16/h4-11,13,19H,1,12H2,2-3H3,(H,27,30)(H,25,26,28)/t19-/m0/s1. The summed E-state index contributed by atoms with van der Waals surface area (Å²) in [6.45, 7) is 5.58. The Labute approximate surface area is 190 Å². The predicted molar refractivity (Wildman–Crippen MR) is 124 cm³/mol. The van der Waals surface area contributed by atoms with E-state index >= 15 is 0 Å². The second-order valence-corrected chi connectivity index (χ2v) is 7.99. The highest BCUT2D eigenvalue weighted by molar-refractivity contribution is 7.14.